The van der Waals surface area contributed by atoms with E-state index in [9.17, 15) is 9.59 Å². The maximum absolute atomic E-state index is 12.4. The van der Waals surface area contributed by atoms with Gasteiger partial charge in [-0.25, -0.2) is 0 Å². The van der Waals surface area contributed by atoms with E-state index in [1.54, 1.807) is 26.5 Å². The van der Waals surface area contributed by atoms with E-state index >= 15 is 0 Å². The van der Waals surface area contributed by atoms with Crippen molar-refractivity contribution < 1.29 is 9.59 Å². The van der Waals surface area contributed by atoms with Crippen molar-refractivity contribution in [3.05, 3.63) is 60.4 Å². The van der Waals surface area contributed by atoms with Gasteiger partial charge in [-0.05, 0) is 17.7 Å². The first-order valence-electron chi connectivity index (χ1n) is 9.03. The fourth-order valence-corrected chi connectivity index (χ4v) is 3.51. The van der Waals surface area contributed by atoms with Gasteiger partial charge in [-0.15, -0.1) is 10.2 Å². The summed E-state index contributed by atoms with van der Waals surface area (Å²) in [6, 6.07) is 13.8. The monoisotopic (exact) mass is 410 g/mol. The second-order valence-electron chi connectivity index (χ2n) is 6.33. The van der Waals surface area contributed by atoms with E-state index in [0.29, 0.717) is 17.5 Å². The lowest BCUT2D eigenvalue weighted by atomic mass is 10.2. The Morgan fingerprint density at radius 3 is 2.62 bits per heavy atom. The molecule has 0 saturated heterocycles. The van der Waals surface area contributed by atoms with Crippen LogP contribution < -0.4 is 5.32 Å². The molecule has 2 aromatic heterocycles. The van der Waals surface area contributed by atoms with Gasteiger partial charge in [-0.3, -0.25) is 19.1 Å². The van der Waals surface area contributed by atoms with Gasteiger partial charge in [0, 0.05) is 32.1 Å². The maximum atomic E-state index is 12.4. The van der Waals surface area contributed by atoms with Gasteiger partial charge in [0.1, 0.15) is 0 Å². The van der Waals surface area contributed by atoms with Gasteiger partial charge < -0.3 is 10.2 Å². The summed E-state index contributed by atoms with van der Waals surface area (Å²) in [5.74, 6) is 0.483. The van der Waals surface area contributed by atoms with Crippen LogP contribution in [-0.2, 0) is 16.1 Å². The molecule has 1 N–H and O–H groups in total. The first kappa shape index (κ1) is 20.5. The van der Waals surface area contributed by atoms with E-state index in [-0.39, 0.29) is 24.1 Å². The number of carbonyl (C=O) groups is 2. The highest BCUT2D eigenvalue weighted by atomic mass is 32.2. The molecule has 0 spiro atoms. The van der Waals surface area contributed by atoms with Crippen molar-refractivity contribution in [2.45, 2.75) is 11.7 Å². The Balaban J connectivity index is 1.80. The van der Waals surface area contributed by atoms with Crippen LogP contribution in [0.1, 0.15) is 5.56 Å². The molecule has 1 aromatic carbocycles. The first-order chi connectivity index (χ1) is 14.1. The van der Waals surface area contributed by atoms with Crippen molar-refractivity contribution in [3.63, 3.8) is 0 Å². The van der Waals surface area contributed by atoms with Crippen LogP contribution in [0.15, 0.2) is 60.0 Å². The molecule has 9 heteroatoms. The lowest BCUT2D eigenvalue weighted by molar-refractivity contribution is -0.132. The number of hydrogen-bond acceptors (Lipinski definition) is 6. The third-order valence-corrected chi connectivity index (χ3v) is 5.18. The van der Waals surface area contributed by atoms with Gasteiger partial charge >= 0.3 is 0 Å². The van der Waals surface area contributed by atoms with Crippen molar-refractivity contribution >= 4 is 23.6 Å². The van der Waals surface area contributed by atoms with E-state index in [0.717, 1.165) is 11.1 Å². The number of thioether (sulfide) groups is 1. The summed E-state index contributed by atoms with van der Waals surface area (Å²) >= 11 is 1.30. The minimum absolute atomic E-state index is 0.0214. The third kappa shape index (κ3) is 5.41. The minimum atomic E-state index is -0.211. The van der Waals surface area contributed by atoms with Crippen molar-refractivity contribution in [1.82, 2.24) is 30.0 Å². The Hall–Kier alpha value is -3.20. The topological polar surface area (TPSA) is 93.0 Å². The molecule has 0 aliphatic heterocycles. The van der Waals surface area contributed by atoms with Crippen molar-refractivity contribution in [1.29, 1.82) is 0 Å². The molecule has 150 valence electrons. The number of rotatable bonds is 8. The zero-order valence-electron chi connectivity index (χ0n) is 16.3. The molecule has 0 bridgehead atoms. The second-order valence-corrected chi connectivity index (χ2v) is 7.27. The molecule has 0 saturated carbocycles. The summed E-state index contributed by atoms with van der Waals surface area (Å²) in [5, 5.41) is 11.8. The minimum Gasteiger partial charge on any atom is -0.358 e. The number of benzene rings is 1. The molecule has 2 amide bonds. The predicted molar refractivity (Wildman–Crippen MR) is 111 cm³/mol. The quantitative estimate of drug-likeness (QED) is 0.568. The second kappa shape index (κ2) is 9.83. The summed E-state index contributed by atoms with van der Waals surface area (Å²) in [6.07, 6.45) is 3.44. The average Bonchev–Trinajstić information content (AvgIpc) is 3.15. The zero-order chi connectivity index (χ0) is 20.6. The highest BCUT2D eigenvalue weighted by Crippen LogP contribution is 2.25. The van der Waals surface area contributed by atoms with Gasteiger partial charge in [-0.2, -0.15) is 0 Å². The molecule has 0 radical (unpaired) electrons. The number of likely N-dealkylation sites (N-methyl/N-ethyl adjacent to an activating group) is 2. The average molecular weight is 411 g/mol. The van der Waals surface area contributed by atoms with Gasteiger partial charge in [0.15, 0.2) is 11.0 Å². The Kier molecular flexibility index (Phi) is 6.96. The van der Waals surface area contributed by atoms with Crippen molar-refractivity contribution in [3.8, 4) is 11.4 Å². The van der Waals surface area contributed by atoms with Gasteiger partial charge in [0.25, 0.3) is 0 Å². The molecule has 29 heavy (non-hydrogen) atoms. The lowest BCUT2D eigenvalue weighted by Gasteiger charge is -2.16. The van der Waals surface area contributed by atoms with E-state index in [1.165, 1.54) is 16.7 Å². The van der Waals surface area contributed by atoms with Crippen molar-refractivity contribution in [2.24, 2.45) is 0 Å². The van der Waals surface area contributed by atoms with Crippen LogP contribution in [0.3, 0.4) is 0 Å². The smallest absolute Gasteiger partial charge is 0.239 e. The maximum Gasteiger partial charge on any atom is 0.239 e. The van der Waals surface area contributed by atoms with E-state index in [2.05, 4.69) is 20.5 Å². The molecule has 8 nitrogen and oxygen atoms in total. The standard InChI is InChI=1S/C20H22N6O2S/c1-21-17(27)13-25(2)18(28)14-29-20-24-23-19(16-9-6-10-22-11-16)26(20)12-15-7-4-3-5-8-15/h3-11H,12-14H2,1-2H3,(H,21,27). The van der Waals surface area contributed by atoms with Crippen LogP contribution in [-0.4, -0.2) is 62.9 Å². The van der Waals surface area contributed by atoms with Crippen LogP contribution in [0.2, 0.25) is 0 Å². The van der Waals surface area contributed by atoms with Crippen LogP contribution in [0.4, 0.5) is 0 Å². The normalized spacial score (nSPS) is 10.6. The Morgan fingerprint density at radius 1 is 1.14 bits per heavy atom. The van der Waals surface area contributed by atoms with Crippen LogP contribution in [0.5, 0.6) is 0 Å². The number of pyridine rings is 1. The number of amides is 2. The highest BCUT2D eigenvalue weighted by Gasteiger charge is 2.18. The summed E-state index contributed by atoms with van der Waals surface area (Å²) in [4.78, 5) is 29.4. The largest absolute Gasteiger partial charge is 0.358 e. The summed E-state index contributed by atoms with van der Waals surface area (Å²) in [7, 11) is 3.15. The fraction of sp³-hybridized carbons (Fsp3) is 0.250. The molecule has 3 aromatic rings. The first-order valence-corrected chi connectivity index (χ1v) is 10.0. The number of nitrogens with zero attached hydrogens (tertiary/aromatic N) is 5. The highest BCUT2D eigenvalue weighted by molar-refractivity contribution is 7.99. The zero-order valence-corrected chi connectivity index (χ0v) is 17.1. The van der Waals surface area contributed by atoms with Gasteiger partial charge in [0.05, 0.1) is 18.8 Å². The van der Waals surface area contributed by atoms with Crippen molar-refractivity contribution in [2.75, 3.05) is 26.4 Å². The molecule has 0 unspecified atom stereocenters. The summed E-state index contributed by atoms with van der Waals surface area (Å²) in [6.45, 7) is 0.593. The fourth-order valence-electron chi connectivity index (χ4n) is 2.63. The molecule has 0 atom stereocenters. The molecule has 3 rings (SSSR count). The molecular formula is C20H22N6O2S. The number of carbonyl (C=O) groups excluding carboxylic acids is 2. The van der Waals surface area contributed by atoms with Gasteiger partial charge in [-0.1, -0.05) is 42.1 Å². The lowest BCUT2D eigenvalue weighted by Crippen LogP contribution is -2.37. The van der Waals surface area contributed by atoms with Crippen LogP contribution in [0, 0.1) is 0 Å². The molecule has 2 heterocycles. The predicted octanol–water partition coefficient (Wildman–Crippen LogP) is 1.68. The summed E-state index contributed by atoms with van der Waals surface area (Å²) < 4.78 is 1.98. The number of aromatic nitrogens is 4. The molecular weight excluding hydrogens is 388 g/mol. The van der Waals surface area contributed by atoms with Crippen LogP contribution >= 0.6 is 11.8 Å². The van der Waals surface area contributed by atoms with E-state index in [1.807, 2.05) is 47.0 Å². The Morgan fingerprint density at radius 2 is 1.93 bits per heavy atom. The number of nitrogens with one attached hydrogen (secondary N) is 1. The molecule has 0 aliphatic rings. The van der Waals surface area contributed by atoms with Gasteiger partial charge in [0.2, 0.25) is 11.8 Å². The molecule has 0 aliphatic carbocycles. The van der Waals surface area contributed by atoms with Crippen LogP contribution in [0.25, 0.3) is 11.4 Å². The Labute approximate surface area is 173 Å². The summed E-state index contributed by atoms with van der Waals surface area (Å²) in [5.41, 5.74) is 1.95. The number of hydrogen-bond donors (Lipinski definition) is 1. The molecule has 0 fully saturated rings. The Bertz CT molecular complexity index is 962. The third-order valence-electron chi connectivity index (χ3n) is 4.23. The SMILES string of the molecule is CNC(=O)CN(C)C(=O)CSc1nnc(-c2cccnc2)n1Cc1ccccc1. The van der Waals surface area contributed by atoms with E-state index < -0.39 is 0 Å². The van der Waals surface area contributed by atoms with E-state index in [4.69, 9.17) is 0 Å².